The van der Waals surface area contributed by atoms with Crippen molar-refractivity contribution in [1.82, 2.24) is 0 Å². The van der Waals surface area contributed by atoms with Crippen molar-refractivity contribution in [2.75, 3.05) is 5.73 Å². The van der Waals surface area contributed by atoms with E-state index in [9.17, 15) is 0 Å². The van der Waals surface area contributed by atoms with Gasteiger partial charge in [-0.1, -0.05) is 152 Å². The summed E-state index contributed by atoms with van der Waals surface area (Å²) < 4.78 is 0. The van der Waals surface area contributed by atoms with Crippen LogP contribution in [0.15, 0.2) is 152 Å². The minimum Gasteiger partial charge on any atom is -0.398 e. The number of hydrogen-bond donors (Lipinski definition) is 1. The number of rotatable bonds is 6. The highest BCUT2D eigenvalue weighted by Gasteiger charge is 2.25. The second-order valence-corrected chi connectivity index (χ2v) is 9.52. The van der Waals surface area contributed by atoms with Gasteiger partial charge in [0.1, 0.15) is 0 Å². The Labute approximate surface area is 218 Å². The van der Waals surface area contributed by atoms with Gasteiger partial charge in [-0.05, 0) is 38.8 Å². The summed E-state index contributed by atoms with van der Waals surface area (Å²) >= 11 is 0. The van der Waals surface area contributed by atoms with Gasteiger partial charge in [0, 0.05) is 22.9 Å². The van der Waals surface area contributed by atoms with Crippen LogP contribution in [0, 0.1) is 0 Å². The van der Waals surface area contributed by atoms with Crippen molar-refractivity contribution >= 4 is 16.5 Å². The van der Waals surface area contributed by atoms with E-state index in [1.165, 1.54) is 33.2 Å². The quantitative estimate of drug-likeness (QED) is 0.189. The summed E-state index contributed by atoms with van der Waals surface area (Å²) in [5, 5.41) is 2.30. The smallest absolute Gasteiger partial charge is 0.0436 e. The molecule has 6 rings (SSSR count). The van der Waals surface area contributed by atoms with E-state index in [-0.39, 0.29) is 11.8 Å². The zero-order valence-electron chi connectivity index (χ0n) is 20.7. The van der Waals surface area contributed by atoms with Gasteiger partial charge < -0.3 is 5.73 Å². The van der Waals surface area contributed by atoms with Crippen LogP contribution in [0.25, 0.3) is 10.8 Å². The van der Waals surface area contributed by atoms with Crippen LogP contribution in [0.5, 0.6) is 0 Å². The first-order valence-electron chi connectivity index (χ1n) is 12.8. The van der Waals surface area contributed by atoms with E-state index in [4.69, 9.17) is 5.73 Å². The Morgan fingerprint density at radius 2 is 0.676 bits per heavy atom. The number of fused-ring (bicyclic) bond motifs is 1. The van der Waals surface area contributed by atoms with Crippen molar-refractivity contribution < 1.29 is 0 Å². The average molecular weight is 476 g/mol. The van der Waals surface area contributed by atoms with Gasteiger partial charge in [-0.15, -0.1) is 0 Å². The molecule has 0 saturated heterocycles. The third-order valence-corrected chi connectivity index (χ3v) is 7.30. The van der Waals surface area contributed by atoms with Crippen molar-refractivity contribution in [3.05, 3.63) is 185 Å². The molecule has 178 valence electrons. The lowest BCUT2D eigenvalue weighted by atomic mass is 9.77. The number of benzene rings is 6. The molecule has 0 heterocycles. The first-order chi connectivity index (χ1) is 18.3. The molecule has 1 nitrogen and oxygen atoms in total. The van der Waals surface area contributed by atoms with Gasteiger partial charge in [0.15, 0.2) is 0 Å². The Bertz CT molecular complexity index is 1530. The molecule has 0 aliphatic heterocycles. The summed E-state index contributed by atoms with van der Waals surface area (Å²) in [7, 11) is 0. The van der Waals surface area contributed by atoms with Gasteiger partial charge in [0.05, 0.1) is 0 Å². The zero-order valence-corrected chi connectivity index (χ0v) is 20.7. The van der Waals surface area contributed by atoms with Gasteiger partial charge in [0.25, 0.3) is 0 Å². The van der Waals surface area contributed by atoms with E-state index < -0.39 is 0 Å². The summed E-state index contributed by atoms with van der Waals surface area (Å²) in [6.07, 6.45) is 0. The van der Waals surface area contributed by atoms with Crippen LogP contribution >= 0.6 is 0 Å². The van der Waals surface area contributed by atoms with Crippen molar-refractivity contribution in [2.24, 2.45) is 0 Å². The molecule has 0 fully saturated rings. The molecule has 6 aromatic carbocycles. The van der Waals surface area contributed by atoms with Crippen LogP contribution in [0.4, 0.5) is 5.69 Å². The van der Waals surface area contributed by atoms with E-state index in [1.54, 1.807) is 0 Å². The molecule has 1 heteroatoms. The van der Waals surface area contributed by atoms with Crippen molar-refractivity contribution in [1.29, 1.82) is 0 Å². The third kappa shape index (κ3) is 4.41. The highest BCUT2D eigenvalue weighted by Crippen LogP contribution is 2.44. The molecule has 0 bridgehead atoms. The van der Waals surface area contributed by atoms with E-state index in [2.05, 4.69) is 152 Å². The van der Waals surface area contributed by atoms with Gasteiger partial charge >= 0.3 is 0 Å². The number of hydrogen-bond acceptors (Lipinski definition) is 1. The molecular formula is C36H29N. The predicted octanol–water partition coefficient (Wildman–Crippen LogP) is 8.78. The molecule has 0 aliphatic carbocycles. The molecule has 0 aromatic heterocycles. The largest absolute Gasteiger partial charge is 0.398 e. The van der Waals surface area contributed by atoms with Gasteiger partial charge in [-0.25, -0.2) is 0 Å². The molecule has 2 N–H and O–H groups in total. The monoisotopic (exact) mass is 475 g/mol. The standard InChI is InChI=1S/C36H29N/c37-36-31-24-14-13-23-30(31)32(34(26-15-5-1-6-16-26)27-17-7-2-8-18-27)25-33(36)35(28-19-9-3-10-20-28)29-21-11-4-12-22-29/h1-25,34-35H,37H2. The molecule has 0 atom stereocenters. The van der Waals surface area contributed by atoms with Crippen LogP contribution in [0.2, 0.25) is 0 Å². The molecular weight excluding hydrogens is 446 g/mol. The summed E-state index contributed by atoms with van der Waals surface area (Å²) in [6, 6.07) is 54.0. The van der Waals surface area contributed by atoms with Crippen LogP contribution in [0.3, 0.4) is 0 Å². The van der Waals surface area contributed by atoms with Gasteiger partial charge in [-0.3, -0.25) is 0 Å². The lowest BCUT2D eigenvalue weighted by molar-refractivity contribution is 0.952. The zero-order chi connectivity index (χ0) is 25.0. The Morgan fingerprint density at radius 1 is 0.351 bits per heavy atom. The minimum absolute atomic E-state index is 0.0259. The Kier molecular flexibility index (Phi) is 6.27. The lowest BCUT2D eigenvalue weighted by Gasteiger charge is -2.26. The van der Waals surface area contributed by atoms with Crippen LogP contribution < -0.4 is 5.73 Å². The molecule has 0 saturated carbocycles. The van der Waals surface area contributed by atoms with Crippen molar-refractivity contribution in [3.8, 4) is 0 Å². The summed E-state index contributed by atoms with van der Waals surface area (Å²) in [5.74, 6) is 0.108. The molecule has 0 aliphatic rings. The van der Waals surface area contributed by atoms with Gasteiger partial charge in [0.2, 0.25) is 0 Å². The SMILES string of the molecule is Nc1c(C(c2ccccc2)c2ccccc2)cc(C(c2ccccc2)c2ccccc2)c2ccccc12. The molecule has 0 spiro atoms. The molecule has 0 unspecified atom stereocenters. The lowest BCUT2D eigenvalue weighted by Crippen LogP contribution is -2.11. The molecule has 6 aromatic rings. The van der Waals surface area contributed by atoms with E-state index in [0.29, 0.717) is 0 Å². The Hall–Kier alpha value is -4.62. The Balaban J connectivity index is 1.67. The van der Waals surface area contributed by atoms with Gasteiger partial charge in [-0.2, -0.15) is 0 Å². The summed E-state index contributed by atoms with van der Waals surface area (Å²) in [4.78, 5) is 0. The number of anilines is 1. The first kappa shape index (κ1) is 22.8. The molecule has 0 amide bonds. The van der Waals surface area contributed by atoms with Crippen LogP contribution in [0.1, 0.15) is 45.2 Å². The van der Waals surface area contributed by atoms with Crippen LogP contribution in [-0.4, -0.2) is 0 Å². The first-order valence-corrected chi connectivity index (χ1v) is 12.8. The molecule has 0 radical (unpaired) electrons. The van der Waals surface area contributed by atoms with E-state index >= 15 is 0 Å². The fraction of sp³-hybridized carbons (Fsp3) is 0.0556. The minimum atomic E-state index is 0.0259. The third-order valence-electron chi connectivity index (χ3n) is 7.30. The topological polar surface area (TPSA) is 26.0 Å². The Morgan fingerprint density at radius 3 is 1.08 bits per heavy atom. The fourth-order valence-electron chi connectivity index (χ4n) is 5.61. The predicted molar refractivity (Wildman–Crippen MR) is 156 cm³/mol. The second-order valence-electron chi connectivity index (χ2n) is 9.52. The van der Waals surface area contributed by atoms with Crippen molar-refractivity contribution in [3.63, 3.8) is 0 Å². The van der Waals surface area contributed by atoms with Crippen molar-refractivity contribution in [2.45, 2.75) is 11.8 Å². The fourth-order valence-corrected chi connectivity index (χ4v) is 5.61. The summed E-state index contributed by atoms with van der Waals surface area (Å²) in [6.45, 7) is 0. The average Bonchev–Trinajstić information content (AvgIpc) is 2.98. The highest BCUT2D eigenvalue weighted by molar-refractivity contribution is 5.98. The second kappa shape index (κ2) is 10.2. The maximum Gasteiger partial charge on any atom is 0.0436 e. The summed E-state index contributed by atoms with van der Waals surface area (Å²) in [5.41, 5.74) is 15.3. The van der Waals surface area contributed by atoms with E-state index in [1.807, 2.05) is 0 Å². The maximum absolute atomic E-state index is 7.04. The normalized spacial score (nSPS) is 11.3. The van der Waals surface area contributed by atoms with Crippen LogP contribution in [-0.2, 0) is 0 Å². The molecule has 37 heavy (non-hydrogen) atoms. The number of nitrogen functional groups attached to an aromatic ring is 1. The highest BCUT2D eigenvalue weighted by atomic mass is 14.6. The van der Waals surface area contributed by atoms with E-state index in [0.717, 1.165) is 16.6 Å². The maximum atomic E-state index is 7.04. The number of nitrogens with two attached hydrogens (primary N) is 1.